The molecule has 0 heterocycles. The Labute approximate surface area is 131 Å². The predicted octanol–water partition coefficient (Wildman–Crippen LogP) is 5.95. The van der Waals surface area contributed by atoms with Gasteiger partial charge in [0.05, 0.1) is 5.69 Å². The molecule has 0 spiro atoms. The summed E-state index contributed by atoms with van der Waals surface area (Å²) in [6, 6.07) is 14.9. The molecule has 100 valence electrons. The number of anilines is 1. The average molecular weight is 383 g/mol. The number of hydrogen-bond donors (Lipinski definition) is 1. The fraction of sp³-hybridized carbons (Fsp3) is 0.250. The lowest BCUT2D eigenvalue weighted by Gasteiger charge is -2.11. The molecule has 2 aromatic carbocycles. The van der Waals surface area contributed by atoms with Gasteiger partial charge in [-0.3, -0.25) is 0 Å². The molecular weight excluding hydrogens is 366 g/mol. The van der Waals surface area contributed by atoms with E-state index in [-0.39, 0.29) is 0 Å². The first-order valence-electron chi connectivity index (χ1n) is 6.34. The molecular formula is C16H17Br2N. The largest absolute Gasteiger partial charge is 0.379 e. The van der Waals surface area contributed by atoms with E-state index in [2.05, 4.69) is 75.3 Å². The lowest BCUT2D eigenvalue weighted by atomic mass is 10.0. The normalized spacial score (nSPS) is 10.8. The minimum atomic E-state index is 0.583. The van der Waals surface area contributed by atoms with Gasteiger partial charge < -0.3 is 5.32 Å². The quantitative estimate of drug-likeness (QED) is 0.689. The molecule has 0 atom stereocenters. The van der Waals surface area contributed by atoms with Crippen LogP contribution in [0.5, 0.6) is 0 Å². The first-order valence-corrected chi connectivity index (χ1v) is 7.93. The number of rotatable bonds is 4. The average Bonchev–Trinajstić information content (AvgIpc) is 2.38. The molecule has 0 unspecified atom stereocenters. The summed E-state index contributed by atoms with van der Waals surface area (Å²) in [5.41, 5.74) is 3.76. The van der Waals surface area contributed by atoms with Crippen molar-refractivity contribution in [3.63, 3.8) is 0 Å². The molecule has 0 amide bonds. The monoisotopic (exact) mass is 381 g/mol. The Morgan fingerprint density at radius 1 is 0.947 bits per heavy atom. The maximum absolute atomic E-state index is 3.56. The molecule has 0 aromatic heterocycles. The highest BCUT2D eigenvalue weighted by molar-refractivity contribution is 9.11. The molecule has 3 heteroatoms. The summed E-state index contributed by atoms with van der Waals surface area (Å²) in [5.74, 6) is 0.583. The molecule has 2 aromatic rings. The van der Waals surface area contributed by atoms with Gasteiger partial charge in [0, 0.05) is 15.5 Å². The Balaban J connectivity index is 2.06. The minimum Gasteiger partial charge on any atom is -0.379 e. The third-order valence-corrected chi connectivity index (χ3v) is 4.40. The highest BCUT2D eigenvalue weighted by Gasteiger charge is 2.04. The van der Waals surface area contributed by atoms with Crippen LogP contribution in [0.3, 0.4) is 0 Å². The maximum Gasteiger partial charge on any atom is 0.0631 e. The van der Waals surface area contributed by atoms with Gasteiger partial charge in [0.25, 0.3) is 0 Å². The van der Waals surface area contributed by atoms with Crippen molar-refractivity contribution in [3.05, 3.63) is 62.5 Å². The van der Waals surface area contributed by atoms with Crippen LogP contribution in [-0.4, -0.2) is 0 Å². The topological polar surface area (TPSA) is 12.0 Å². The van der Waals surface area contributed by atoms with E-state index in [1.165, 1.54) is 11.1 Å². The Kier molecular flexibility index (Phi) is 5.06. The van der Waals surface area contributed by atoms with E-state index in [0.29, 0.717) is 5.92 Å². The van der Waals surface area contributed by atoms with Crippen LogP contribution in [0.2, 0.25) is 0 Å². The summed E-state index contributed by atoms with van der Waals surface area (Å²) >= 11 is 7.12. The molecule has 0 bridgehead atoms. The summed E-state index contributed by atoms with van der Waals surface area (Å²) in [7, 11) is 0. The lowest BCUT2D eigenvalue weighted by molar-refractivity contribution is 0.865. The minimum absolute atomic E-state index is 0.583. The predicted molar refractivity (Wildman–Crippen MR) is 89.7 cm³/mol. The van der Waals surface area contributed by atoms with Gasteiger partial charge >= 0.3 is 0 Å². The van der Waals surface area contributed by atoms with Crippen LogP contribution in [-0.2, 0) is 6.54 Å². The standard InChI is InChI=1S/C16H17Br2N/c1-11(2)13-8-6-12(7-9-13)10-19-16-14(17)4-3-5-15(16)18/h3-9,11,19H,10H2,1-2H3. The van der Waals surface area contributed by atoms with Crippen LogP contribution in [0.1, 0.15) is 30.9 Å². The second-order valence-corrected chi connectivity index (χ2v) is 6.56. The van der Waals surface area contributed by atoms with Crippen molar-refractivity contribution in [2.45, 2.75) is 26.3 Å². The summed E-state index contributed by atoms with van der Waals surface area (Å²) in [6.45, 7) is 5.25. The van der Waals surface area contributed by atoms with Gasteiger partial charge in [-0.2, -0.15) is 0 Å². The van der Waals surface area contributed by atoms with Crippen LogP contribution < -0.4 is 5.32 Å². The first-order chi connectivity index (χ1) is 9.08. The highest BCUT2D eigenvalue weighted by Crippen LogP contribution is 2.30. The van der Waals surface area contributed by atoms with Crippen molar-refractivity contribution in [1.82, 2.24) is 0 Å². The fourth-order valence-electron chi connectivity index (χ4n) is 1.88. The summed E-state index contributed by atoms with van der Waals surface area (Å²) < 4.78 is 2.14. The van der Waals surface area contributed by atoms with Crippen LogP contribution in [0.4, 0.5) is 5.69 Å². The fourth-order valence-corrected chi connectivity index (χ4v) is 3.16. The lowest BCUT2D eigenvalue weighted by Crippen LogP contribution is -2.01. The van der Waals surface area contributed by atoms with Gasteiger partial charge in [0.1, 0.15) is 0 Å². The number of benzene rings is 2. The van der Waals surface area contributed by atoms with Crippen molar-refractivity contribution in [2.75, 3.05) is 5.32 Å². The Hall–Kier alpha value is -0.800. The summed E-state index contributed by atoms with van der Waals surface area (Å²) in [4.78, 5) is 0. The second-order valence-electron chi connectivity index (χ2n) is 4.85. The Bertz CT molecular complexity index is 527. The van der Waals surface area contributed by atoms with Gasteiger partial charge in [-0.1, -0.05) is 44.2 Å². The van der Waals surface area contributed by atoms with Gasteiger partial charge in [-0.15, -0.1) is 0 Å². The van der Waals surface area contributed by atoms with E-state index in [9.17, 15) is 0 Å². The molecule has 0 aliphatic heterocycles. The van der Waals surface area contributed by atoms with Gasteiger partial charge in [-0.25, -0.2) is 0 Å². The van der Waals surface area contributed by atoms with Crippen LogP contribution >= 0.6 is 31.9 Å². The second kappa shape index (κ2) is 6.58. The van der Waals surface area contributed by atoms with E-state index in [4.69, 9.17) is 0 Å². The Morgan fingerprint density at radius 3 is 2.05 bits per heavy atom. The van der Waals surface area contributed by atoms with E-state index < -0.39 is 0 Å². The molecule has 0 saturated carbocycles. The molecule has 1 nitrogen and oxygen atoms in total. The molecule has 19 heavy (non-hydrogen) atoms. The van der Waals surface area contributed by atoms with E-state index in [0.717, 1.165) is 21.2 Å². The smallest absolute Gasteiger partial charge is 0.0631 e. The van der Waals surface area contributed by atoms with Crippen molar-refractivity contribution in [1.29, 1.82) is 0 Å². The first kappa shape index (κ1) is 14.6. The zero-order valence-corrected chi connectivity index (χ0v) is 14.3. The molecule has 0 aliphatic carbocycles. The summed E-state index contributed by atoms with van der Waals surface area (Å²) in [5, 5.41) is 3.45. The Morgan fingerprint density at radius 2 is 1.53 bits per heavy atom. The third-order valence-electron chi connectivity index (χ3n) is 3.08. The van der Waals surface area contributed by atoms with Gasteiger partial charge in [-0.05, 0) is 61.0 Å². The van der Waals surface area contributed by atoms with Gasteiger partial charge in [0.15, 0.2) is 0 Å². The van der Waals surface area contributed by atoms with Crippen molar-refractivity contribution in [2.24, 2.45) is 0 Å². The zero-order chi connectivity index (χ0) is 13.8. The van der Waals surface area contributed by atoms with Crippen molar-refractivity contribution >= 4 is 37.5 Å². The molecule has 0 radical (unpaired) electrons. The SMILES string of the molecule is CC(C)c1ccc(CNc2c(Br)cccc2Br)cc1. The third kappa shape index (κ3) is 3.83. The molecule has 0 saturated heterocycles. The van der Waals surface area contributed by atoms with Crippen LogP contribution in [0.15, 0.2) is 51.4 Å². The molecule has 0 fully saturated rings. The van der Waals surface area contributed by atoms with E-state index in [1.807, 2.05) is 18.2 Å². The van der Waals surface area contributed by atoms with Crippen molar-refractivity contribution in [3.8, 4) is 0 Å². The number of para-hydroxylation sites is 1. The van der Waals surface area contributed by atoms with E-state index >= 15 is 0 Å². The molecule has 1 N–H and O–H groups in total. The highest BCUT2D eigenvalue weighted by atomic mass is 79.9. The number of halogens is 2. The number of hydrogen-bond acceptors (Lipinski definition) is 1. The molecule has 0 aliphatic rings. The van der Waals surface area contributed by atoms with E-state index in [1.54, 1.807) is 0 Å². The van der Waals surface area contributed by atoms with Crippen LogP contribution in [0.25, 0.3) is 0 Å². The maximum atomic E-state index is 3.56. The van der Waals surface area contributed by atoms with Gasteiger partial charge in [0.2, 0.25) is 0 Å². The van der Waals surface area contributed by atoms with Crippen molar-refractivity contribution < 1.29 is 0 Å². The molecule has 2 rings (SSSR count). The summed E-state index contributed by atoms with van der Waals surface area (Å²) in [6.07, 6.45) is 0. The van der Waals surface area contributed by atoms with Crippen LogP contribution in [0, 0.1) is 0 Å². The zero-order valence-electron chi connectivity index (χ0n) is 11.1. The number of nitrogens with one attached hydrogen (secondary N) is 1.